The molecule has 0 aromatic heterocycles. The van der Waals surface area contributed by atoms with E-state index < -0.39 is 17.9 Å². The minimum absolute atomic E-state index is 0.106. The lowest BCUT2D eigenvalue weighted by atomic mass is 10.4. The summed E-state index contributed by atoms with van der Waals surface area (Å²) in [5, 5.41) is 0.553. The van der Waals surface area contributed by atoms with Crippen LogP contribution in [0.4, 0.5) is 4.79 Å². The Morgan fingerprint density at radius 3 is 2.25 bits per heavy atom. The number of hydrogen-bond acceptors (Lipinski definition) is 5. The molecular formula is C9H12N2O5. The van der Waals surface area contributed by atoms with Gasteiger partial charge in [0.2, 0.25) is 0 Å². The molecule has 2 saturated heterocycles. The molecule has 0 saturated carbocycles. The Labute approximate surface area is 91.8 Å². The van der Waals surface area contributed by atoms with Crippen LogP contribution in [0, 0.1) is 0 Å². The number of carbonyl (C=O) groups is 3. The second-order valence-corrected chi connectivity index (χ2v) is 3.54. The van der Waals surface area contributed by atoms with Gasteiger partial charge < -0.3 is 14.5 Å². The quantitative estimate of drug-likeness (QED) is 0.566. The number of carbonyl (C=O) groups excluding carboxylic acids is 3. The van der Waals surface area contributed by atoms with E-state index in [-0.39, 0.29) is 12.8 Å². The third-order valence-electron chi connectivity index (χ3n) is 2.44. The number of hydrogen-bond donors (Lipinski definition) is 0. The molecule has 0 unspecified atom stereocenters. The summed E-state index contributed by atoms with van der Waals surface area (Å²) in [7, 11) is 0. The van der Waals surface area contributed by atoms with Crippen molar-refractivity contribution in [2.24, 2.45) is 0 Å². The van der Waals surface area contributed by atoms with Crippen LogP contribution in [0.15, 0.2) is 0 Å². The highest BCUT2D eigenvalue weighted by atomic mass is 16.7. The van der Waals surface area contributed by atoms with E-state index in [9.17, 15) is 14.4 Å². The van der Waals surface area contributed by atoms with E-state index in [1.807, 2.05) is 0 Å². The molecule has 0 radical (unpaired) electrons. The topological polar surface area (TPSA) is 76.2 Å². The van der Waals surface area contributed by atoms with Gasteiger partial charge >= 0.3 is 6.09 Å². The van der Waals surface area contributed by atoms with Gasteiger partial charge in [-0.1, -0.05) is 0 Å². The van der Waals surface area contributed by atoms with Crippen LogP contribution in [0.2, 0.25) is 0 Å². The molecule has 0 spiro atoms. The molecule has 0 N–H and O–H groups in total. The van der Waals surface area contributed by atoms with Crippen molar-refractivity contribution in [2.45, 2.75) is 12.8 Å². The van der Waals surface area contributed by atoms with E-state index in [1.165, 1.54) is 4.90 Å². The van der Waals surface area contributed by atoms with Crippen molar-refractivity contribution in [3.63, 3.8) is 0 Å². The zero-order valence-electron chi connectivity index (χ0n) is 8.68. The van der Waals surface area contributed by atoms with Gasteiger partial charge in [0.25, 0.3) is 11.8 Å². The number of ether oxygens (including phenoxy) is 1. The highest BCUT2D eigenvalue weighted by Gasteiger charge is 2.34. The van der Waals surface area contributed by atoms with Crippen molar-refractivity contribution in [1.82, 2.24) is 9.96 Å². The third kappa shape index (κ3) is 2.13. The van der Waals surface area contributed by atoms with Crippen LogP contribution in [0.5, 0.6) is 0 Å². The second-order valence-electron chi connectivity index (χ2n) is 3.54. The van der Waals surface area contributed by atoms with E-state index in [0.29, 0.717) is 31.4 Å². The van der Waals surface area contributed by atoms with Gasteiger partial charge in [0, 0.05) is 25.9 Å². The van der Waals surface area contributed by atoms with Crippen molar-refractivity contribution in [1.29, 1.82) is 0 Å². The average molecular weight is 228 g/mol. The SMILES string of the molecule is O=C(ON1C(=O)CCC1=O)N1CCOCC1. The molecule has 88 valence electrons. The van der Waals surface area contributed by atoms with E-state index in [0.717, 1.165) is 0 Å². The van der Waals surface area contributed by atoms with Crippen molar-refractivity contribution >= 4 is 17.9 Å². The van der Waals surface area contributed by atoms with E-state index in [1.54, 1.807) is 0 Å². The largest absolute Gasteiger partial charge is 0.434 e. The predicted octanol–water partition coefficient (Wildman–Crippen LogP) is -0.481. The average Bonchev–Trinajstić information content (AvgIpc) is 2.62. The number of amides is 3. The van der Waals surface area contributed by atoms with Crippen molar-refractivity contribution in [2.75, 3.05) is 26.3 Å². The van der Waals surface area contributed by atoms with Gasteiger partial charge in [-0.25, -0.2) is 4.79 Å². The maximum Gasteiger partial charge on any atom is 0.434 e. The molecule has 0 bridgehead atoms. The summed E-state index contributed by atoms with van der Waals surface area (Å²) in [6.07, 6.45) is -0.461. The van der Waals surface area contributed by atoms with E-state index in [4.69, 9.17) is 9.57 Å². The van der Waals surface area contributed by atoms with Gasteiger partial charge in [0.1, 0.15) is 0 Å². The molecule has 2 heterocycles. The molecular weight excluding hydrogens is 216 g/mol. The molecule has 2 fully saturated rings. The van der Waals surface area contributed by atoms with Crippen molar-refractivity contribution in [3.8, 4) is 0 Å². The van der Waals surface area contributed by atoms with Gasteiger partial charge in [0.05, 0.1) is 13.2 Å². The van der Waals surface area contributed by atoms with Gasteiger partial charge in [0.15, 0.2) is 0 Å². The molecule has 3 amide bonds. The van der Waals surface area contributed by atoms with Crippen molar-refractivity contribution < 1.29 is 24.0 Å². The van der Waals surface area contributed by atoms with Crippen molar-refractivity contribution in [3.05, 3.63) is 0 Å². The molecule has 0 atom stereocenters. The Bertz CT molecular complexity index is 308. The number of nitrogens with zero attached hydrogens (tertiary/aromatic N) is 2. The number of imide groups is 1. The molecule has 2 aliphatic rings. The van der Waals surface area contributed by atoms with Crippen LogP contribution < -0.4 is 0 Å². The molecule has 7 nitrogen and oxygen atoms in total. The second kappa shape index (κ2) is 4.48. The van der Waals surface area contributed by atoms with Crippen LogP contribution in [-0.4, -0.2) is 54.2 Å². The van der Waals surface area contributed by atoms with Crippen LogP contribution in [0.25, 0.3) is 0 Å². The van der Waals surface area contributed by atoms with Gasteiger partial charge in [-0.05, 0) is 0 Å². The fourth-order valence-corrected chi connectivity index (χ4v) is 1.54. The van der Waals surface area contributed by atoms with E-state index in [2.05, 4.69) is 0 Å². The predicted molar refractivity (Wildman–Crippen MR) is 50.0 cm³/mol. The number of hydroxylamine groups is 2. The maximum absolute atomic E-state index is 11.5. The molecule has 7 heteroatoms. The highest BCUT2D eigenvalue weighted by molar-refractivity contribution is 6.01. The lowest BCUT2D eigenvalue weighted by Gasteiger charge is -2.26. The van der Waals surface area contributed by atoms with Crippen LogP contribution in [0.1, 0.15) is 12.8 Å². The fraction of sp³-hybridized carbons (Fsp3) is 0.667. The lowest BCUT2D eigenvalue weighted by Crippen LogP contribution is -2.44. The Hall–Kier alpha value is -1.63. The first-order valence-electron chi connectivity index (χ1n) is 5.09. The first kappa shape index (κ1) is 10.9. The lowest BCUT2D eigenvalue weighted by molar-refractivity contribution is -0.174. The fourth-order valence-electron chi connectivity index (χ4n) is 1.54. The first-order chi connectivity index (χ1) is 7.68. The smallest absolute Gasteiger partial charge is 0.378 e. The summed E-state index contributed by atoms with van der Waals surface area (Å²) in [6, 6.07) is 0. The molecule has 16 heavy (non-hydrogen) atoms. The zero-order chi connectivity index (χ0) is 11.5. The summed E-state index contributed by atoms with van der Waals surface area (Å²) in [5.74, 6) is -0.932. The standard InChI is InChI=1S/C9H12N2O5/c12-7-1-2-8(13)11(7)16-9(14)10-3-5-15-6-4-10/h1-6H2. The molecule has 0 aliphatic carbocycles. The summed E-state index contributed by atoms with van der Waals surface area (Å²) < 4.78 is 5.07. The monoisotopic (exact) mass is 228 g/mol. The summed E-state index contributed by atoms with van der Waals surface area (Å²) in [5.41, 5.74) is 0. The molecule has 2 aliphatic heterocycles. The maximum atomic E-state index is 11.5. The Morgan fingerprint density at radius 2 is 1.69 bits per heavy atom. The number of morpholine rings is 1. The van der Waals surface area contributed by atoms with Gasteiger partial charge in [-0.15, -0.1) is 5.06 Å². The zero-order valence-corrected chi connectivity index (χ0v) is 8.68. The normalized spacial score (nSPS) is 21.5. The molecule has 0 aromatic carbocycles. The van der Waals surface area contributed by atoms with Crippen LogP contribution in [0.3, 0.4) is 0 Å². The van der Waals surface area contributed by atoms with Gasteiger partial charge in [-0.2, -0.15) is 0 Å². The third-order valence-corrected chi connectivity index (χ3v) is 2.44. The Morgan fingerprint density at radius 1 is 1.12 bits per heavy atom. The van der Waals surface area contributed by atoms with Crippen LogP contribution in [-0.2, 0) is 19.2 Å². The molecule has 2 rings (SSSR count). The number of rotatable bonds is 1. The minimum Gasteiger partial charge on any atom is -0.378 e. The highest BCUT2D eigenvalue weighted by Crippen LogP contribution is 2.13. The van der Waals surface area contributed by atoms with E-state index >= 15 is 0 Å². The Balaban J connectivity index is 1.90. The first-order valence-corrected chi connectivity index (χ1v) is 5.09. The minimum atomic E-state index is -0.674. The Kier molecular flexibility index (Phi) is 3.04. The van der Waals surface area contributed by atoms with Gasteiger partial charge in [-0.3, -0.25) is 9.59 Å². The summed E-state index contributed by atoms with van der Waals surface area (Å²) in [4.78, 5) is 40.1. The molecule has 0 aromatic rings. The summed E-state index contributed by atoms with van der Waals surface area (Å²) >= 11 is 0. The summed E-state index contributed by atoms with van der Waals surface area (Å²) in [6.45, 7) is 1.71. The van der Waals surface area contributed by atoms with Crippen LogP contribution >= 0.6 is 0 Å².